The quantitative estimate of drug-likeness (QED) is 0.672. The third-order valence-corrected chi connectivity index (χ3v) is 5.44. The monoisotopic (exact) mass is 354 g/mol. The van der Waals surface area contributed by atoms with Gasteiger partial charge in [0, 0.05) is 42.8 Å². The lowest BCUT2D eigenvalue weighted by atomic mass is 10.2. The first-order valence-electron chi connectivity index (χ1n) is 8.25. The highest BCUT2D eigenvalue weighted by molar-refractivity contribution is 7.18. The molecule has 0 N–H and O–H groups in total. The number of rotatable bonds is 1. The molecule has 3 aromatic heterocycles. The summed E-state index contributed by atoms with van der Waals surface area (Å²) in [4.78, 5) is 38.0. The van der Waals surface area contributed by atoms with Gasteiger partial charge in [0.25, 0.3) is 11.5 Å². The molecule has 7 heteroatoms. The van der Waals surface area contributed by atoms with Crippen molar-refractivity contribution in [2.24, 2.45) is 0 Å². The number of pyridine rings is 1. The molecule has 3 aromatic rings. The van der Waals surface area contributed by atoms with Crippen LogP contribution >= 0.6 is 11.3 Å². The van der Waals surface area contributed by atoms with Gasteiger partial charge in [-0.3, -0.25) is 19.1 Å². The third kappa shape index (κ3) is 2.84. The predicted molar refractivity (Wildman–Crippen MR) is 97.2 cm³/mol. The summed E-state index contributed by atoms with van der Waals surface area (Å²) < 4.78 is 1.72. The summed E-state index contributed by atoms with van der Waals surface area (Å²) in [7, 11) is 0. The number of hydrogen-bond donors (Lipinski definition) is 0. The molecule has 1 aliphatic rings. The van der Waals surface area contributed by atoms with Crippen molar-refractivity contribution in [1.82, 2.24) is 19.4 Å². The molecule has 0 radical (unpaired) electrons. The fraction of sp³-hybridized carbons (Fsp3) is 0.333. The van der Waals surface area contributed by atoms with Crippen LogP contribution in [0.2, 0.25) is 0 Å². The Labute approximate surface area is 148 Å². The molecule has 4 rings (SSSR count). The topological polar surface area (TPSA) is 68.1 Å². The van der Waals surface area contributed by atoms with Crippen molar-refractivity contribution in [1.29, 1.82) is 0 Å². The average molecular weight is 354 g/mol. The summed E-state index contributed by atoms with van der Waals surface area (Å²) in [5, 5.41) is 0.675. The van der Waals surface area contributed by atoms with Crippen LogP contribution in [0.15, 0.2) is 29.2 Å². The lowest BCUT2D eigenvalue weighted by molar-refractivity contribution is 0.0758. The normalized spacial score (nSPS) is 14.4. The van der Waals surface area contributed by atoms with E-state index < -0.39 is 0 Å². The molecular weight excluding hydrogens is 336 g/mol. The minimum Gasteiger partial charge on any atom is -0.336 e. The maximum atomic E-state index is 12.7. The van der Waals surface area contributed by atoms with Gasteiger partial charge in [0.05, 0.1) is 10.9 Å². The fourth-order valence-corrected chi connectivity index (χ4v) is 4.04. The van der Waals surface area contributed by atoms with Crippen molar-refractivity contribution in [3.63, 3.8) is 0 Å². The second kappa shape index (κ2) is 6.07. The second-order valence-electron chi connectivity index (χ2n) is 6.29. The Kier molecular flexibility index (Phi) is 3.88. The Morgan fingerprint density at radius 1 is 1.20 bits per heavy atom. The lowest BCUT2D eigenvalue weighted by Gasteiger charge is -2.19. The van der Waals surface area contributed by atoms with Crippen LogP contribution in [0, 0.1) is 13.8 Å². The van der Waals surface area contributed by atoms with E-state index in [2.05, 4.69) is 9.97 Å². The van der Waals surface area contributed by atoms with Crippen molar-refractivity contribution >= 4 is 27.5 Å². The van der Waals surface area contributed by atoms with Gasteiger partial charge < -0.3 is 4.90 Å². The van der Waals surface area contributed by atoms with Crippen LogP contribution in [0.4, 0.5) is 0 Å². The van der Waals surface area contributed by atoms with Gasteiger partial charge in [-0.05, 0) is 32.0 Å². The smallest absolute Gasteiger partial charge is 0.262 e. The van der Waals surface area contributed by atoms with Gasteiger partial charge in [0.2, 0.25) is 0 Å². The molecule has 0 saturated heterocycles. The zero-order valence-electron chi connectivity index (χ0n) is 14.2. The number of fused-ring (bicyclic) bond motifs is 2. The van der Waals surface area contributed by atoms with Gasteiger partial charge in [-0.2, -0.15) is 0 Å². The Bertz CT molecular complexity index is 1020. The minimum atomic E-state index is -0.0500. The highest BCUT2D eigenvalue weighted by atomic mass is 32.1. The Morgan fingerprint density at radius 2 is 2.04 bits per heavy atom. The molecule has 0 atom stereocenters. The van der Waals surface area contributed by atoms with Crippen molar-refractivity contribution < 1.29 is 4.79 Å². The van der Waals surface area contributed by atoms with E-state index in [1.54, 1.807) is 21.7 Å². The minimum absolute atomic E-state index is 0.00403. The van der Waals surface area contributed by atoms with E-state index in [9.17, 15) is 9.59 Å². The van der Waals surface area contributed by atoms with E-state index in [1.807, 2.05) is 26.0 Å². The second-order valence-corrected chi connectivity index (χ2v) is 7.53. The summed E-state index contributed by atoms with van der Waals surface area (Å²) in [5.74, 6) is 0.711. The van der Waals surface area contributed by atoms with Crippen LogP contribution in [0.25, 0.3) is 10.2 Å². The number of aromatic nitrogens is 3. The van der Waals surface area contributed by atoms with Gasteiger partial charge in [0.1, 0.15) is 10.7 Å². The first-order valence-corrected chi connectivity index (χ1v) is 9.06. The maximum Gasteiger partial charge on any atom is 0.262 e. The lowest BCUT2D eigenvalue weighted by Crippen LogP contribution is -2.34. The molecule has 0 aliphatic carbocycles. The largest absolute Gasteiger partial charge is 0.336 e. The zero-order valence-corrected chi connectivity index (χ0v) is 15.0. The van der Waals surface area contributed by atoms with Crippen LogP contribution in [0.3, 0.4) is 0 Å². The zero-order chi connectivity index (χ0) is 17.6. The molecular formula is C18H18N4O2S. The molecule has 128 valence electrons. The fourth-order valence-electron chi connectivity index (χ4n) is 3.15. The van der Waals surface area contributed by atoms with E-state index in [-0.39, 0.29) is 11.5 Å². The molecule has 1 amide bonds. The van der Waals surface area contributed by atoms with E-state index in [1.165, 1.54) is 11.3 Å². The van der Waals surface area contributed by atoms with Crippen LogP contribution in [-0.2, 0) is 13.0 Å². The molecule has 4 heterocycles. The SMILES string of the molecule is Cc1ccc(C(=O)N2CCc3nc4sc(C)cc4c(=O)n3CC2)cn1. The number of hydrogen-bond acceptors (Lipinski definition) is 5. The average Bonchev–Trinajstić information content (AvgIpc) is 2.84. The van der Waals surface area contributed by atoms with Gasteiger partial charge in [0.15, 0.2) is 0 Å². The molecule has 0 saturated carbocycles. The number of aryl methyl sites for hydroxylation is 2. The van der Waals surface area contributed by atoms with Crippen LogP contribution < -0.4 is 5.56 Å². The number of thiophene rings is 1. The molecule has 0 aromatic carbocycles. The third-order valence-electron chi connectivity index (χ3n) is 4.50. The summed E-state index contributed by atoms with van der Waals surface area (Å²) in [6.45, 7) is 5.39. The highest BCUT2D eigenvalue weighted by Crippen LogP contribution is 2.21. The molecule has 25 heavy (non-hydrogen) atoms. The summed E-state index contributed by atoms with van der Waals surface area (Å²) in [5.41, 5.74) is 1.45. The van der Waals surface area contributed by atoms with Gasteiger partial charge in [-0.1, -0.05) is 0 Å². The van der Waals surface area contributed by atoms with E-state index >= 15 is 0 Å². The van der Waals surface area contributed by atoms with Crippen molar-refractivity contribution in [3.8, 4) is 0 Å². The van der Waals surface area contributed by atoms with E-state index in [0.717, 1.165) is 21.2 Å². The number of carbonyl (C=O) groups excluding carboxylic acids is 1. The van der Waals surface area contributed by atoms with Crippen molar-refractivity contribution in [2.45, 2.75) is 26.8 Å². The van der Waals surface area contributed by atoms with Gasteiger partial charge in [-0.15, -0.1) is 11.3 Å². The molecule has 0 spiro atoms. The molecule has 0 fully saturated rings. The first-order chi connectivity index (χ1) is 12.0. The number of nitrogens with zero attached hydrogens (tertiary/aromatic N) is 4. The molecule has 6 nitrogen and oxygen atoms in total. The summed E-state index contributed by atoms with van der Waals surface area (Å²) in [6.07, 6.45) is 2.19. The molecule has 1 aliphatic heterocycles. The Hall–Kier alpha value is -2.54. The summed E-state index contributed by atoms with van der Waals surface area (Å²) >= 11 is 1.54. The standard InChI is InChI=1S/C18H18N4O2S/c1-11-3-4-13(10-19-11)17(23)21-6-5-15-20-16-14(9-12(2)25-16)18(24)22(15)8-7-21/h3-4,9-10H,5-8H2,1-2H3. The van der Waals surface area contributed by atoms with Crippen molar-refractivity contribution in [3.05, 3.63) is 56.7 Å². The van der Waals surface area contributed by atoms with E-state index in [4.69, 9.17) is 0 Å². The van der Waals surface area contributed by atoms with E-state index in [0.29, 0.717) is 37.0 Å². The molecule has 0 bridgehead atoms. The van der Waals surface area contributed by atoms with Gasteiger partial charge >= 0.3 is 0 Å². The Balaban J connectivity index is 1.63. The maximum absolute atomic E-state index is 12.7. The summed E-state index contributed by atoms with van der Waals surface area (Å²) in [6, 6.07) is 5.53. The van der Waals surface area contributed by atoms with Crippen LogP contribution in [-0.4, -0.2) is 38.4 Å². The first kappa shape index (κ1) is 16.0. The van der Waals surface area contributed by atoms with Crippen LogP contribution in [0.5, 0.6) is 0 Å². The number of carbonyl (C=O) groups is 1. The predicted octanol–water partition coefficient (Wildman–Crippen LogP) is 2.17. The Morgan fingerprint density at radius 3 is 2.80 bits per heavy atom. The van der Waals surface area contributed by atoms with Crippen LogP contribution in [0.1, 0.15) is 26.8 Å². The van der Waals surface area contributed by atoms with Crippen molar-refractivity contribution in [2.75, 3.05) is 13.1 Å². The molecule has 0 unspecified atom stereocenters. The van der Waals surface area contributed by atoms with Gasteiger partial charge in [-0.25, -0.2) is 4.98 Å². The highest BCUT2D eigenvalue weighted by Gasteiger charge is 2.22. The number of amides is 1.